The minimum atomic E-state index is 0.164. The fourth-order valence-electron chi connectivity index (χ4n) is 1.48. The van der Waals surface area contributed by atoms with E-state index in [4.69, 9.17) is 0 Å². The smallest absolute Gasteiger partial charge is 0.221 e. The Labute approximate surface area is 95.2 Å². The van der Waals surface area contributed by atoms with E-state index in [0.717, 1.165) is 32.5 Å². The first-order valence-corrected chi connectivity index (χ1v) is 5.80. The van der Waals surface area contributed by atoms with Gasteiger partial charge >= 0.3 is 0 Å². The molecule has 0 aliphatic heterocycles. The molecule has 0 spiro atoms. The van der Waals surface area contributed by atoms with Gasteiger partial charge in [0.25, 0.3) is 0 Å². The fourth-order valence-corrected chi connectivity index (χ4v) is 1.48. The lowest BCUT2D eigenvalue weighted by molar-refractivity contribution is -0.121. The third-order valence-electron chi connectivity index (χ3n) is 2.58. The third-order valence-corrected chi connectivity index (χ3v) is 2.58. The summed E-state index contributed by atoms with van der Waals surface area (Å²) in [5, 5.41) is 6.20. The average molecular weight is 222 g/mol. The Bertz CT molecular complexity index is 319. The summed E-state index contributed by atoms with van der Waals surface area (Å²) in [6.07, 6.45) is 8.37. The number of nitrogens with zero attached hydrogens (tertiary/aromatic N) is 2. The van der Waals surface area contributed by atoms with Crippen LogP contribution in [0, 0.1) is 0 Å². The molecule has 5 nitrogen and oxygen atoms in total. The van der Waals surface area contributed by atoms with Gasteiger partial charge in [-0.2, -0.15) is 0 Å². The zero-order chi connectivity index (χ0) is 11.2. The van der Waals surface area contributed by atoms with Gasteiger partial charge in [-0.25, -0.2) is 4.98 Å². The summed E-state index contributed by atoms with van der Waals surface area (Å²) in [6, 6.07) is 0.471. The molecule has 1 aliphatic carbocycles. The maximum Gasteiger partial charge on any atom is 0.221 e. The molecule has 0 aromatic carbocycles. The zero-order valence-electron chi connectivity index (χ0n) is 9.35. The molecule has 5 heteroatoms. The number of aromatic nitrogens is 2. The maximum absolute atomic E-state index is 11.3. The van der Waals surface area contributed by atoms with E-state index in [1.165, 1.54) is 0 Å². The standard InChI is InChI=1S/C11H18N4O/c16-11(14-10-1-2-10)3-4-12-5-7-15-8-6-13-9-15/h6,8-10,12H,1-5,7H2,(H,14,16). The van der Waals surface area contributed by atoms with E-state index < -0.39 is 0 Å². The van der Waals surface area contributed by atoms with Crippen LogP contribution in [-0.4, -0.2) is 34.6 Å². The summed E-state index contributed by atoms with van der Waals surface area (Å²) < 4.78 is 2.01. The molecule has 1 saturated carbocycles. The van der Waals surface area contributed by atoms with Gasteiger partial charge in [0.1, 0.15) is 0 Å². The van der Waals surface area contributed by atoms with E-state index in [9.17, 15) is 4.79 Å². The van der Waals surface area contributed by atoms with Gasteiger partial charge in [0.15, 0.2) is 0 Å². The Balaban J connectivity index is 1.46. The van der Waals surface area contributed by atoms with Gasteiger partial charge in [0, 0.05) is 44.5 Å². The van der Waals surface area contributed by atoms with Crippen molar-refractivity contribution in [2.24, 2.45) is 0 Å². The second-order valence-corrected chi connectivity index (χ2v) is 4.14. The molecule has 0 atom stereocenters. The van der Waals surface area contributed by atoms with Crippen LogP contribution in [0.25, 0.3) is 0 Å². The number of carbonyl (C=O) groups excluding carboxylic acids is 1. The van der Waals surface area contributed by atoms with Gasteiger partial charge < -0.3 is 15.2 Å². The largest absolute Gasteiger partial charge is 0.353 e. The lowest BCUT2D eigenvalue weighted by atomic mass is 10.4. The van der Waals surface area contributed by atoms with E-state index in [0.29, 0.717) is 12.5 Å². The second-order valence-electron chi connectivity index (χ2n) is 4.14. The summed E-state index contributed by atoms with van der Waals surface area (Å²) >= 11 is 0. The van der Waals surface area contributed by atoms with Gasteiger partial charge in [0.05, 0.1) is 6.33 Å². The first-order chi connectivity index (χ1) is 7.84. The summed E-state index contributed by atoms with van der Waals surface area (Å²) in [6.45, 7) is 2.50. The highest BCUT2D eigenvalue weighted by atomic mass is 16.1. The van der Waals surface area contributed by atoms with Crippen molar-refractivity contribution in [3.8, 4) is 0 Å². The molecule has 88 valence electrons. The van der Waals surface area contributed by atoms with Crippen LogP contribution in [0.1, 0.15) is 19.3 Å². The van der Waals surface area contributed by atoms with Crippen molar-refractivity contribution in [2.45, 2.75) is 31.8 Å². The molecule has 1 heterocycles. The molecule has 0 radical (unpaired) electrons. The molecule has 1 fully saturated rings. The highest BCUT2D eigenvalue weighted by Crippen LogP contribution is 2.18. The van der Waals surface area contributed by atoms with Crippen LogP contribution in [0.15, 0.2) is 18.7 Å². The topological polar surface area (TPSA) is 59.0 Å². The third kappa shape index (κ3) is 4.02. The van der Waals surface area contributed by atoms with Crippen molar-refractivity contribution in [3.63, 3.8) is 0 Å². The highest BCUT2D eigenvalue weighted by Gasteiger charge is 2.22. The number of carbonyl (C=O) groups is 1. The Morgan fingerprint density at radius 2 is 2.31 bits per heavy atom. The molecule has 2 rings (SSSR count). The van der Waals surface area contributed by atoms with Gasteiger partial charge in [0.2, 0.25) is 5.91 Å². The van der Waals surface area contributed by atoms with Crippen molar-refractivity contribution < 1.29 is 4.79 Å². The lowest BCUT2D eigenvalue weighted by Crippen LogP contribution is -2.30. The van der Waals surface area contributed by atoms with Crippen molar-refractivity contribution >= 4 is 5.91 Å². The SMILES string of the molecule is O=C(CCNCCn1ccnc1)NC1CC1. The van der Waals surface area contributed by atoms with E-state index in [1.54, 1.807) is 12.5 Å². The van der Waals surface area contributed by atoms with Crippen molar-refractivity contribution in [1.82, 2.24) is 20.2 Å². The molecule has 2 N–H and O–H groups in total. The fraction of sp³-hybridized carbons (Fsp3) is 0.636. The van der Waals surface area contributed by atoms with E-state index in [1.807, 2.05) is 10.8 Å². The highest BCUT2D eigenvalue weighted by molar-refractivity contribution is 5.76. The maximum atomic E-state index is 11.3. The number of hydrogen-bond donors (Lipinski definition) is 2. The zero-order valence-corrected chi connectivity index (χ0v) is 9.35. The molecule has 16 heavy (non-hydrogen) atoms. The van der Waals surface area contributed by atoms with Crippen LogP contribution < -0.4 is 10.6 Å². The van der Waals surface area contributed by atoms with Crippen molar-refractivity contribution in [1.29, 1.82) is 0 Å². The van der Waals surface area contributed by atoms with Crippen molar-refractivity contribution in [3.05, 3.63) is 18.7 Å². The molecule has 1 amide bonds. The van der Waals surface area contributed by atoms with E-state index in [-0.39, 0.29) is 5.91 Å². The summed E-state index contributed by atoms with van der Waals surface area (Å²) in [5.74, 6) is 0.164. The quantitative estimate of drug-likeness (QED) is 0.645. The monoisotopic (exact) mass is 222 g/mol. The van der Waals surface area contributed by atoms with Crippen LogP contribution >= 0.6 is 0 Å². The Hall–Kier alpha value is -1.36. The molecular formula is C11H18N4O. The molecule has 1 aliphatic rings. The van der Waals surface area contributed by atoms with Crippen molar-refractivity contribution in [2.75, 3.05) is 13.1 Å². The van der Waals surface area contributed by atoms with E-state index in [2.05, 4.69) is 15.6 Å². The van der Waals surface area contributed by atoms with Crippen LogP contribution in [0.3, 0.4) is 0 Å². The van der Waals surface area contributed by atoms with Gasteiger partial charge in [-0.05, 0) is 12.8 Å². The minimum Gasteiger partial charge on any atom is -0.353 e. The molecule has 1 aromatic heterocycles. The first-order valence-electron chi connectivity index (χ1n) is 5.80. The van der Waals surface area contributed by atoms with E-state index >= 15 is 0 Å². The number of nitrogens with one attached hydrogen (secondary N) is 2. The van der Waals surface area contributed by atoms with Crippen LogP contribution in [0.4, 0.5) is 0 Å². The summed E-state index contributed by atoms with van der Waals surface area (Å²) in [7, 11) is 0. The average Bonchev–Trinajstić information content (AvgIpc) is 2.93. The Morgan fingerprint density at radius 1 is 1.44 bits per heavy atom. The molecule has 0 bridgehead atoms. The first kappa shape index (κ1) is 11.1. The number of imidazole rings is 1. The predicted molar refractivity (Wildman–Crippen MR) is 60.9 cm³/mol. The second kappa shape index (κ2) is 5.65. The van der Waals surface area contributed by atoms with Gasteiger partial charge in [-0.15, -0.1) is 0 Å². The summed E-state index contributed by atoms with van der Waals surface area (Å²) in [4.78, 5) is 15.3. The Kier molecular flexibility index (Phi) is 3.93. The lowest BCUT2D eigenvalue weighted by Gasteiger charge is -2.05. The van der Waals surface area contributed by atoms with Crippen LogP contribution in [-0.2, 0) is 11.3 Å². The normalized spacial score (nSPS) is 15.0. The predicted octanol–water partition coefficient (Wildman–Crippen LogP) is 0.141. The summed E-state index contributed by atoms with van der Waals surface area (Å²) in [5.41, 5.74) is 0. The van der Waals surface area contributed by atoms with Gasteiger partial charge in [-0.3, -0.25) is 4.79 Å². The number of amides is 1. The number of hydrogen-bond acceptors (Lipinski definition) is 3. The molecule has 0 unspecified atom stereocenters. The molecular weight excluding hydrogens is 204 g/mol. The minimum absolute atomic E-state index is 0.164. The van der Waals surface area contributed by atoms with Crippen LogP contribution in [0.2, 0.25) is 0 Å². The van der Waals surface area contributed by atoms with Crippen LogP contribution in [0.5, 0.6) is 0 Å². The number of rotatable bonds is 7. The molecule has 0 saturated heterocycles. The Morgan fingerprint density at radius 3 is 3.00 bits per heavy atom. The van der Waals surface area contributed by atoms with Gasteiger partial charge in [-0.1, -0.05) is 0 Å². The molecule has 1 aromatic rings.